The second kappa shape index (κ2) is 6.19. The van der Waals surface area contributed by atoms with Gasteiger partial charge in [0.25, 0.3) is 0 Å². The first-order chi connectivity index (χ1) is 9.06. The molecule has 2 rings (SSSR count). The van der Waals surface area contributed by atoms with Crippen molar-refractivity contribution in [3.8, 4) is 0 Å². The molecular formula is C14H19NO3S. The number of rotatable bonds is 7. The fourth-order valence-electron chi connectivity index (χ4n) is 1.88. The number of carbonyl (C=O) groups is 2. The lowest BCUT2D eigenvalue weighted by molar-refractivity contribution is -0.122. The molecule has 0 spiro atoms. The highest BCUT2D eigenvalue weighted by Gasteiger charge is 2.29. The van der Waals surface area contributed by atoms with Gasteiger partial charge in [0.05, 0.1) is 0 Å². The summed E-state index contributed by atoms with van der Waals surface area (Å²) in [6.07, 6.45) is 3.91. The number of carboxylic acids is 1. The summed E-state index contributed by atoms with van der Waals surface area (Å²) in [5.74, 6) is 0.0119. The van der Waals surface area contributed by atoms with Gasteiger partial charge in [-0.15, -0.1) is 11.3 Å². The minimum Gasteiger partial charge on any atom is -0.477 e. The van der Waals surface area contributed by atoms with Crippen LogP contribution in [-0.4, -0.2) is 23.5 Å². The number of hydrogen-bond donors (Lipinski definition) is 2. The molecule has 4 nitrogen and oxygen atoms in total. The molecule has 1 atom stereocenters. The molecule has 104 valence electrons. The second-order valence-corrected chi connectivity index (χ2v) is 6.40. The summed E-state index contributed by atoms with van der Waals surface area (Å²) in [5.41, 5.74) is 0. The van der Waals surface area contributed by atoms with Crippen LogP contribution in [0.3, 0.4) is 0 Å². The van der Waals surface area contributed by atoms with Crippen LogP contribution in [0.25, 0.3) is 0 Å². The van der Waals surface area contributed by atoms with E-state index in [1.807, 2.05) is 6.07 Å². The number of nitrogens with one attached hydrogen (secondary N) is 1. The van der Waals surface area contributed by atoms with Crippen molar-refractivity contribution in [1.82, 2.24) is 5.32 Å². The standard InChI is InChI=1S/C14H19NO3S/c1-9(8-15-13(16)10-3-4-10)2-5-11-6-7-12(19-11)14(17)18/h6-7,9-10H,2-5,8H2,1H3,(H,15,16)(H,17,18). The molecule has 0 saturated heterocycles. The molecule has 0 aliphatic heterocycles. The van der Waals surface area contributed by atoms with Gasteiger partial charge in [0.15, 0.2) is 0 Å². The Labute approximate surface area is 116 Å². The van der Waals surface area contributed by atoms with Crippen LogP contribution in [0.1, 0.15) is 40.7 Å². The Morgan fingerprint density at radius 3 is 2.79 bits per heavy atom. The maximum Gasteiger partial charge on any atom is 0.345 e. The monoisotopic (exact) mass is 281 g/mol. The van der Waals surface area contributed by atoms with Gasteiger partial charge in [0.1, 0.15) is 4.88 Å². The maximum atomic E-state index is 11.5. The SMILES string of the molecule is CC(CCc1ccc(C(=O)O)s1)CNC(=O)C1CC1. The van der Waals surface area contributed by atoms with E-state index in [2.05, 4.69) is 12.2 Å². The Hall–Kier alpha value is -1.36. The predicted octanol–water partition coefficient (Wildman–Crippen LogP) is 2.54. The summed E-state index contributed by atoms with van der Waals surface area (Å²) >= 11 is 1.34. The van der Waals surface area contributed by atoms with Gasteiger partial charge in [-0.05, 0) is 43.7 Å². The van der Waals surface area contributed by atoms with E-state index in [1.54, 1.807) is 6.07 Å². The van der Waals surface area contributed by atoms with E-state index in [0.29, 0.717) is 17.3 Å². The fraction of sp³-hybridized carbons (Fsp3) is 0.571. The van der Waals surface area contributed by atoms with E-state index in [-0.39, 0.29) is 11.8 Å². The van der Waals surface area contributed by atoms with Gasteiger partial charge in [-0.2, -0.15) is 0 Å². The first-order valence-electron chi connectivity index (χ1n) is 6.66. The van der Waals surface area contributed by atoms with Crippen LogP contribution in [0.2, 0.25) is 0 Å². The molecule has 0 aromatic carbocycles. The van der Waals surface area contributed by atoms with E-state index in [0.717, 1.165) is 30.6 Å². The van der Waals surface area contributed by atoms with E-state index < -0.39 is 5.97 Å². The molecule has 19 heavy (non-hydrogen) atoms. The number of amides is 1. The number of aryl methyl sites for hydroxylation is 1. The lowest BCUT2D eigenvalue weighted by Crippen LogP contribution is -2.29. The summed E-state index contributed by atoms with van der Waals surface area (Å²) in [7, 11) is 0. The zero-order chi connectivity index (χ0) is 13.8. The van der Waals surface area contributed by atoms with Gasteiger partial charge >= 0.3 is 5.97 Å². The van der Waals surface area contributed by atoms with Crippen LogP contribution in [0.4, 0.5) is 0 Å². The molecule has 1 aromatic rings. The summed E-state index contributed by atoms with van der Waals surface area (Å²) in [5, 5.41) is 11.8. The average Bonchev–Trinajstić information content (AvgIpc) is 3.12. The topological polar surface area (TPSA) is 66.4 Å². The highest BCUT2D eigenvalue weighted by atomic mass is 32.1. The van der Waals surface area contributed by atoms with E-state index in [1.165, 1.54) is 11.3 Å². The van der Waals surface area contributed by atoms with Crippen molar-refractivity contribution < 1.29 is 14.7 Å². The summed E-state index contributed by atoms with van der Waals surface area (Å²) in [4.78, 5) is 23.7. The van der Waals surface area contributed by atoms with Crippen LogP contribution in [0, 0.1) is 11.8 Å². The molecule has 1 unspecified atom stereocenters. The minimum absolute atomic E-state index is 0.191. The quantitative estimate of drug-likeness (QED) is 0.807. The Kier molecular flexibility index (Phi) is 4.58. The Morgan fingerprint density at radius 2 is 2.21 bits per heavy atom. The third kappa shape index (κ3) is 4.35. The number of aromatic carboxylic acids is 1. The summed E-state index contributed by atoms with van der Waals surface area (Å²) in [6, 6.07) is 3.53. The molecule has 1 aromatic heterocycles. The molecule has 1 aliphatic rings. The van der Waals surface area contributed by atoms with Gasteiger partial charge in [0, 0.05) is 17.3 Å². The van der Waals surface area contributed by atoms with Gasteiger partial charge in [-0.3, -0.25) is 4.79 Å². The van der Waals surface area contributed by atoms with Crippen LogP contribution in [-0.2, 0) is 11.2 Å². The second-order valence-electron chi connectivity index (χ2n) is 5.23. The van der Waals surface area contributed by atoms with Crippen molar-refractivity contribution in [3.63, 3.8) is 0 Å². The average molecular weight is 281 g/mol. The highest BCUT2D eigenvalue weighted by Crippen LogP contribution is 2.28. The van der Waals surface area contributed by atoms with Gasteiger partial charge in [0.2, 0.25) is 5.91 Å². The van der Waals surface area contributed by atoms with Gasteiger partial charge in [-0.25, -0.2) is 4.79 Å². The summed E-state index contributed by atoms with van der Waals surface area (Å²) in [6.45, 7) is 2.82. The molecule has 1 amide bonds. The van der Waals surface area contributed by atoms with E-state index in [4.69, 9.17) is 5.11 Å². The van der Waals surface area contributed by atoms with E-state index in [9.17, 15) is 9.59 Å². The van der Waals surface area contributed by atoms with Crippen molar-refractivity contribution in [3.05, 3.63) is 21.9 Å². The van der Waals surface area contributed by atoms with Crippen LogP contribution in [0.5, 0.6) is 0 Å². The number of carboxylic acid groups (broad SMARTS) is 1. The third-order valence-electron chi connectivity index (χ3n) is 3.33. The van der Waals surface area contributed by atoms with Crippen molar-refractivity contribution >= 4 is 23.2 Å². The number of hydrogen-bond acceptors (Lipinski definition) is 3. The fourth-order valence-corrected chi connectivity index (χ4v) is 2.74. The van der Waals surface area contributed by atoms with Gasteiger partial charge in [-0.1, -0.05) is 6.92 Å². The Morgan fingerprint density at radius 1 is 1.47 bits per heavy atom. The lowest BCUT2D eigenvalue weighted by Gasteiger charge is -2.11. The smallest absolute Gasteiger partial charge is 0.345 e. The van der Waals surface area contributed by atoms with Crippen molar-refractivity contribution in [2.24, 2.45) is 11.8 Å². The van der Waals surface area contributed by atoms with Crippen LogP contribution >= 0.6 is 11.3 Å². The molecular weight excluding hydrogens is 262 g/mol. The zero-order valence-electron chi connectivity index (χ0n) is 11.0. The molecule has 1 heterocycles. The number of thiophene rings is 1. The first kappa shape index (κ1) is 14.1. The van der Waals surface area contributed by atoms with Crippen LogP contribution in [0.15, 0.2) is 12.1 Å². The van der Waals surface area contributed by atoms with Crippen molar-refractivity contribution in [1.29, 1.82) is 0 Å². The van der Waals surface area contributed by atoms with Gasteiger partial charge < -0.3 is 10.4 Å². The normalized spacial score (nSPS) is 16.1. The highest BCUT2D eigenvalue weighted by molar-refractivity contribution is 7.13. The van der Waals surface area contributed by atoms with Crippen molar-refractivity contribution in [2.45, 2.75) is 32.6 Å². The minimum atomic E-state index is -0.860. The summed E-state index contributed by atoms with van der Waals surface area (Å²) < 4.78 is 0. The Bertz CT molecular complexity index is 465. The molecule has 5 heteroatoms. The Balaban J connectivity index is 1.68. The molecule has 0 radical (unpaired) electrons. The van der Waals surface area contributed by atoms with Crippen molar-refractivity contribution in [2.75, 3.05) is 6.54 Å². The first-order valence-corrected chi connectivity index (χ1v) is 7.47. The predicted molar refractivity (Wildman–Crippen MR) is 74.5 cm³/mol. The lowest BCUT2D eigenvalue weighted by atomic mass is 10.1. The maximum absolute atomic E-state index is 11.5. The molecule has 1 saturated carbocycles. The molecule has 1 aliphatic carbocycles. The third-order valence-corrected chi connectivity index (χ3v) is 4.46. The molecule has 1 fully saturated rings. The zero-order valence-corrected chi connectivity index (χ0v) is 11.8. The molecule has 2 N–H and O–H groups in total. The van der Waals surface area contributed by atoms with Crippen LogP contribution < -0.4 is 5.32 Å². The molecule has 0 bridgehead atoms. The number of carbonyl (C=O) groups excluding carboxylic acids is 1. The largest absolute Gasteiger partial charge is 0.477 e. The van der Waals surface area contributed by atoms with E-state index >= 15 is 0 Å².